The van der Waals surface area contributed by atoms with Crippen molar-refractivity contribution >= 4 is 18.3 Å². The first-order chi connectivity index (χ1) is 11.8. The molecule has 1 aromatic heterocycles. The lowest BCUT2D eigenvalue weighted by Gasteiger charge is -2.37. The molecular formula is C17H27ClN6O. The average molecular weight is 367 g/mol. The first-order valence-corrected chi connectivity index (χ1v) is 8.93. The van der Waals surface area contributed by atoms with Crippen LogP contribution in [0.3, 0.4) is 0 Å². The van der Waals surface area contributed by atoms with Gasteiger partial charge in [0.1, 0.15) is 6.04 Å². The van der Waals surface area contributed by atoms with Crippen LogP contribution < -0.4 is 16.2 Å². The van der Waals surface area contributed by atoms with E-state index >= 15 is 0 Å². The molecule has 0 bridgehead atoms. The summed E-state index contributed by atoms with van der Waals surface area (Å²) >= 11 is 0. The van der Waals surface area contributed by atoms with Gasteiger partial charge in [0.05, 0.1) is 0 Å². The zero-order chi connectivity index (χ0) is 16.4. The number of hydrogen-bond donors (Lipinski definition) is 3. The highest BCUT2D eigenvalue weighted by molar-refractivity contribution is 5.85. The van der Waals surface area contributed by atoms with E-state index in [2.05, 4.69) is 32.1 Å². The summed E-state index contributed by atoms with van der Waals surface area (Å²) in [5.41, 5.74) is 7.79. The number of piperidine rings is 1. The molecule has 138 valence electrons. The van der Waals surface area contributed by atoms with Gasteiger partial charge in [-0.3, -0.25) is 20.1 Å². The summed E-state index contributed by atoms with van der Waals surface area (Å²) in [6.07, 6.45) is 4.80. The zero-order valence-corrected chi connectivity index (χ0v) is 15.2. The number of amides is 1. The summed E-state index contributed by atoms with van der Waals surface area (Å²) in [4.78, 5) is 21.5. The molecule has 1 amide bonds. The fourth-order valence-electron chi connectivity index (χ4n) is 4.03. The van der Waals surface area contributed by atoms with Crippen LogP contribution in [-0.2, 0) is 11.3 Å². The third-order valence-corrected chi connectivity index (χ3v) is 5.46. The van der Waals surface area contributed by atoms with Crippen molar-refractivity contribution in [2.24, 2.45) is 5.92 Å². The van der Waals surface area contributed by atoms with Crippen LogP contribution in [0.25, 0.3) is 0 Å². The molecule has 0 radical (unpaired) electrons. The van der Waals surface area contributed by atoms with E-state index in [0.717, 1.165) is 52.2 Å². The van der Waals surface area contributed by atoms with Gasteiger partial charge in [-0.15, -0.1) is 12.4 Å². The third kappa shape index (κ3) is 4.12. The fourth-order valence-corrected chi connectivity index (χ4v) is 4.03. The predicted molar refractivity (Wildman–Crippen MR) is 98.2 cm³/mol. The summed E-state index contributed by atoms with van der Waals surface area (Å²) in [5, 5.41) is 3.41. The molecule has 3 aliphatic heterocycles. The molecule has 3 N–H and O–H groups in total. The lowest BCUT2D eigenvalue weighted by atomic mass is 9.89. The van der Waals surface area contributed by atoms with Crippen LogP contribution in [0.1, 0.15) is 12.0 Å². The van der Waals surface area contributed by atoms with E-state index in [-0.39, 0.29) is 24.4 Å². The molecule has 4 rings (SSSR count). The Balaban J connectivity index is 0.00000182. The van der Waals surface area contributed by atoms with Gasteiger partial charge in [0, 0.05) is 63.6 Å². The smallest absolute Gasteiger partial charge is 0.241 e. The second-order valence-electron chi connectivity index (χ2n) is 6.99. The average Bonchev–Trinajstić information content (AvgIpc) is 3.07. The predicted octanol–water partition coefficient (Wildman–Crippen LogP) is -0.398. The third-order valence-electron chi connectivity index (χ3n) is 5.46. The molecule has 0 spiro atoms. The van der Waals surface area contributed by atoms with Crippen molar-refractivity contribution in [2.45, 2.75) is 25.0 Å². The molecule has 3 atom stereocenters. The van der Waals surface area contributed by atoms with Crippen molar-refractivity contribution in [3.63, 3.8) is 0 Å². The molecule has 3 fully saturated rings. The maximum Gasteiger partial charge on any atom is 0.241 e. The Hall–Kier alpha value is -1.25. The van der Waals surface area contributed by atoms with Gasteiger partial charge in [-0.05, 0) is 24.6 Å². The summed E-state index contributed by atoms with van der Waals surface area (Å²) in [6.45, 7) is 6.32. The molecule has 1 aromatic rings. The van der Waals surface area contributed by atoms with Crippen LogP contribution >= 0.6 is 12.4 Å². The Bertz CT molecular complexity index is 566. The van der Waals surface area contributed by atoms with Crippen LogP contribution in [-0.4, -0.2) is 72.0 Å². The number of pyridine rings is 1. The minimum Gasteiger partial charge on any atom is -0.339 e. The molecule has 3 saturated heterocycles. The van der Waals surface area contributed by atoms with Crippen molar-refractivity contribution in [2.75, 3.05) is 39.3 Å². The minimum absolute atomic E-state index is 0. The van der Waals surface area contributed by atoms with E-state index in [0.29, 0.717) is 12.0 Å². The fraction of sp³-hybridized carbons (Fsp3) is 0.647. The monoisotopic (exact) mass is 366 g/mol. The first-order valence-electron chi connectivity index (χ1n) is 8.93. The molecule has 4 heterocycles. The summed E-state index contributed by atoms with van der Waals surface area (Å²) < 4.78 is 0. The molecule has 25 heavy (non-hydrogen) atoms. The number of fused-ring (bicyclic) bond motifs is 1. The van der Waals surface area contributed by atoms with E-state index in [4.69, 9.17) is 0 Å². The second kappa shape index (κ2) is 8.42. The highest BCUT2D eigenvalue weighted by Crippen LogP contribution is 2.22. The van der Waals surface area contributed by atoms with Crippen LogP contribution in [0.4, 0.5) is 0 Å². The highest BCUT2D eigenvalue weighted by atomic mass is 35.5. The molecule has 3 unspecified atom stereocenters. The van der Waals surface area contributed by atoms with Crippen molar-refractivity contribution < 1.29 is 4.79 Å². The van der Waals surface area contributed by atoms with Gasteiger partial charge in [0.2, 0.25) is 5.91 Å². The van der Waals surface area contributed by atoms with Gasteiger partial charge in [0.15, 0.2) is 0 Å². The van der Waals surface area contributed by atoms with Gasteiger partial charge in [0.25, 0.3) is 0 Å². The highest BCUT2D eigenvalue weighted by Gasteiger charge is 2.42. The molecule has 0 aromatic carbocycles. The first kappa shape index (κ1) is 18.5. The summed E-state index contributed by atoms with van der Waals surface area (Å²) in [7, 11) is 0. The standard InChI is InChI=1S/C17H26N6O.ClH/c24-17(16-14-11-19-5-3-15(14)20-21-16)23-8-6-22(7-9-23)12-13-2-1-4-18-10-13;/h1-2,4,10,14-16,19-21H,3,5-9,11-12H2;1H. The number of carbonyl (C=O) groups is 1. The number of nitrogens with zero attached hydrogens (tertiary/aromatic N) is 3. The Kier molecular flexibility index (Phi) is 6.24. The van der Waals surface area contributed by atoms with Gasteiger partial charge in [-0.2, -0.15) is 0 Å². The van der Waals surface area contributed by atoms with Crippen molar-refractivity contribution in [1.29, 1.82) is 0 Å². The number of rotatable bonds is 3. The van der Waals surface area contributed by atoms with Crippen molar-refractivity contribution in [3.8, 4) is 0 Å². The second-order valence-corrected chi connectivity index (χ2v) is 6.99. The number of piperazine rings is 1. The zero-order valence-electron chi connectivity index (χ0n) is 14.4. The van der Waals surface area contributed by atoms with Gasteiger partial charge >= 0.3 is 0 Å². The molecular weight excluding hydrogens is 340 g/mol. The van der Waals surface area contributed by atoms with Crippen molar-refractivity contribution in [1.82, 2.24) is 31.0 Å². The van der Waals surface area contributed by atoms with Crippen LogP contribution in [0.15, 0.2) is 24.5 Å². The minimum atomic E-state index is -0.0901. The Morgan fingerprint density at radius 1 is 1.24 bits per heavy atom. The SMILES string of the molecule is Cl.O=C(C1NNC2CCNCC21)N1CCN(Cc2cccnc2)CC1. The Labute approximate surface area is 154 Å². The number of nitrogens with one attached hydrogen (secondary N) is 3. The maximum absolute atomic E-state index is 12.9. The Morgan fingerprint density at radius 2 is 2.08 bits per heavy atom. The van der Waals surface area contributed by atoms with E-state index in [1.807, 2.05) is 17.2 Å². The molecule has 7 nitrogen and oxygen atoms in total. The number of aromatic nitrogens is 1. The maximum atomic E-state index is 12.9. The van der Waals surface area contributed by atoms with E-state index in [1.165, 1.54) is 5.56 Å². The van der Waals surface area contributed by atoms with Crippen molar-refractivity contribution in [3.05, 3.63) is 30.1 Å². The normalized spacial score (nSPS) is 29.8. The number of carbonyl (C=O) groups excluding carboxylic acids is 1. The van der Waals surface area contributed by atoms with Gasteiger partial charge in [-0.1, -0.05) is 6.07 Å². The summed E-state index contributed by atoms with van der Waals surface area (Å²) in [6, 6.07) is 4.41. The Morgan fingerprint density at radius 3 is 2.84 bits per heavy atom. The number of hydrogen-bond acceptors (Lipinski definition) is 6. The lowest BCUT2D eigenvalue weighted by Crippen LogP contribution is -2.55. The van der Waals surface area contributed by atoms with Crippen LogP contribution in [0, 0.1) is 5.92 Å². The topological polar surface area (TPSA) is 72.5 Å². The number of halogens is 1. The summed E-state index contributed by atoms with van der Waals surface area (Å²) in [5.74, 6) is 0.611. The lowest BCUT2D eigenvalue weighted by molar-refractivity contribution is -0.136. The number of hydrazine groups is 1. The van der Waals surface area contributed by atoms with Crippen LogP contribution in [0.5, 0.6) is 0 Å². The van der Waals surface area contributed by atoms with Crippen LogP contribution in [0.2, 0.25) is 0 Å². The molecule has 8 heteroatoms. The molecule has 3 aliphatic rings. The van der Waals surface area contributed by atoms with Gasteiger partial charge < -0.3 is 10.2 Å². The molecule has 0 aliphatic carbocycles. The largest absolute Gasteiger partial charge is 0.339 e. The van der Waals surface area contributed by atoms with Gasteiger partial charge in [-0.25, -0.2) is 5.43 Å². The van der Waals surface area contributed by atoms with E-state index in [9.17, 15) is 4.79 Å². The van der Waals surface area contributed by atoms with E-state index in [1.54, 1.807) is 6.20 Å². The quantitative estimate of drug-likeness (QED) is 0.676. The van der Waals surface area contributed by atoms with E-state index < -0.39 is 0 Å². The molecule has 0 saturated carbocycles.